The van der Waals surface area contributed by atoms with Crippen molar-refractivity contribution in [3.05, 3.63) is 58.6 Å². The average molecular weight is 278 g/mol. The highest BCUT2D eigenvalue weighted by atomic mass is 35.5. The Morgan fingerprint density at radius 1 is 1.21 bits per heavy atom. The summed E-state index contributed by atoms with van der Waals surface area (Å²) in [6, 6.07) is 11.2. The number of carboxylic acids is 1. The van der Waals surface area contributed by atoms with Crippen molar-refractivity contribution >= 4 is 23.3 Å². The highest BCUT2D eigenvalue weighted by Gasteiger charge is 2.05. The number of nitrogens with one attached hydrogen (secondary N) is 1. The largest absolute Gasteiger partial charge is 0.508 e. The predicted molar refractivity (Wildman–Crippen MR) is 73.8 cm³/mol. The van der Waals surface area contributed by atoms with E-state index in [1.807, 2.05) is 0 Å². The van der Waals surface area contributed by atoms with E-state index in [9.17, 15) is 9.90 Å². The van der Waals surface area contributed by atoms with Gasteiger partial charge in [0.1, 0.15) is 5.75 Å². The molecule has 0 saturated heterocycles. The van der Waals surface area contributed by atoms with Crippen molar-refractivity contribution < 1.29 is 15.0 Å². The molecule has 0 unspecified atom stereocenters. The summed E-state index contributed by atoms with van der Waals surface area (Å²) in [5.41, 5.74) is 1.52. The van der Waals surface area contributed by atoms with Crippen LogP contribution in [0.2, 0.25) is 5.02 Å². The van der Waals surface area contributed by atoms with Crippen LogP contribution in [-0.2, 0) is 6.54 Å². The van der Waals surface area contributed by atoms with Crippen molar-refractivity contribution in [2.24, 2.45) is 0 Å². The maximum absolute atomic E-state index is 10.8. The molecule has 0 heterocycles. The molecule has 0 spiro atoms. The Kier molecular flexibility index (Phi) is 3.92. The summed E-state index contributed by atoms with van der Waals surface area (Å²) in [5, 5.41) is 22.1. The number of anilines is 1. The van der Waals surface area contributed by atoms with Gasteiger partial charge in [0.25, 0.3) is 0 Å². The number of phenols is 1. The summed E-state index contributed by atoms with van der Waals surface area (Å²) in [6.45, 7) is 0.357. The fourth-order valence-electron chi connectivity index (χ4n) is 1.66. The molecule has 0 amide bonds. The summed E-state index contributed by atoms with van der Waals surface area (Å²) in [7, 11) is 0. The smallest absolute Gasteiger partial charge is 0.335 e. The summed E-state index contributed by atoms with van der Waals surface area (Å²) in [4.78, 5) is 10.8. The molecule has 98 valence electrons. The molecule has 0 fully saturated rings. The van der Waals surface area contributed by atoms with Crippen LogP contribution < -0.4 is 5.32 Å². The lowest BCUT2D eigenvalue weighted by Gasteiger charge is -2.09. The van der Waals surface area contributed by atoms with Crippen molar-refractivity contribution in [2.75, 3.05) is 5.32 Å². The van der Waals surface area contributed by atoms with Gasteiger partial charge < -0.3 is 15.5 Å². The van der Waals surface area contributed by atoms with Gasteiger partial charge in [-0.15, -0.1) is 0 Å². The molecule has 0 bridgehead atoms. The molecule has 4 nitrogen and oxygen atoms in total. The molecular formula is C14H12ClNO3. The topological polar surface area (TPSA) is 69.6 Å². The number of hydrogen-bond donors (Lipinski definition) is 3. The van der Waals surface area contributed by atoms with Gasteiger partial charge in [-0.3, -0.25) is 0 Å². The molecule has 0 aliphatic rings. The van der Waals surface area contributed by atoms with Crippen molar-refractivity contribution in [3.8, 4) is 5.75 Å². The number of carboxylic acid groups (broad SMARTS) is 1. The number of hydrogen-bond acceptors (Lipinski definition) is 3. The van der Waals surface area contributed by atoms with Crippen LogP contribution in [0.5, 0.6) is 5.75 Å². The molecule has 0 aliphatic heterocycles. The quantitative estimate of drug-likeness (QED) is 0.801. The third-order valence-electron chi connectivity index (χ3n) is 2.63. The molecule has 19 heavy (non-hydrogen) atoms. The van der Waals surface area contributed by atoms with E-state index in [0.717, 1.165) is 0 Å². The van der Waals surface area contributed by atoms with E-state index < -0.39 is 5.97 Å². The minimum absolute atomic E-state index is 0.145. The van der Waals surface area contributed by atoms with Gasteiger partial charge in [-0.05, 0) is 36.4 Å². The van der Waals surface area contributed by atoms with Gasteiger partial charge in [-0.25, -0.2) is 4.79 Å². The van der Waals surface area contributed by atoms with Crippen molar-refractivity contribution in [1.82, 2.24) is 0 Å². The van der Waals surface area contributed by atoms with E-state index in [-0.39, 0.29) is 11.3 Å². The number of phenolic OH excluding ortho intramolecular Hbond substituents is 1. The zero-order valence-corrected chi connectivity index (χ0v) is 10.7. The van der Waals surface area contributed by atoms with Crippen LogP contribution in [-0.4, -0.2) is 16.2 Å². The van der Waals surface area contributed by atoms with Crippen LogP contribution in [0.1, 0.15) is 15.9 Å². The molecule has 0 aliphatic carbocycles. The third kappa shape index (κ3) is 3.39. The molecule has 0 saturated carbocycles. The van der Waals surface area contributed by atoms with E-state index in [4.69, 9.17) is 16.7 Å². The van der Waals surface area contributed by atoms with Crippen LogP contribution in [0, 0.1) is 0 Å². The van der Waals surface area contributed by atoms with Gasteiger partial charge >= 0.3 is 5.97 Å². The first-order chi connectivity index (χ1) is 9.06. The fraction of sp³-hybridized carbons (Fsp3) is 0.0714. The van der Waals surface area contributed by atoms with Crippen molar-refractivity contribution in [1.29, 1.82) is 0 Å². The summed E-state index contributed by atoms with van der Waals surface area (Å²) >= 11 is 5.85. The number of benzene rings is 2. The molecule has 0 aromatic heterocycles. The first kappa shape index (κ1) is 13.2. The van der Waals surface area contributed by atoms with E-state index >= 15 is 0 Å². The van der Waals surface area contributed by atoms with Crippen LogP contribution >= 0.6 is 11.6 Å². The Balaban J connectivity index is 2.12. The normalized spacial score (nSPS) is 10.2. The Labute approximate surface area is 115 Å². The standard InChI is InChI=1S/C14H12ClNO3/c15-11-4-5-13(17)10(6-11)8-16-12-3-1-2-9(7-12)14(18)19/h1-7,16-17H,8H2,(H,18,19). The molecule has 5 heteroatoms. The Bertz CT molecular complexity index is 613. The Hall–Kier alpha value is -2.20. The van der Waals surface area contributed by atoms with E-state index in [0.29, 0.717) is 22.8 Å². The van der Waals surface area contributed by atoms with Crippen LogP contribution in [0.25, 0.3) is 0 Å². The first-order valence-electron chi connectivity index (χ1n) is 5.61. The lowest BCUT2D eigenvalue weighted by Crippen LogP contribution is -2.02. The fourth-order valence-corrected chi connectivity index (χ4v) is 1.85. The minimum atomic E-state index is -0.978. The van der Waals surface area contributed by atoms with Crippen LogP contribution in [0.4, 0.5) is 5.69 Å². The zero-order valence-electron chi connectivity index (χ0n) is 9.93. The second-order valence-electron chi connectivity index (χ2n) is 4.01. The van der Waals surface area contributed by atoms with Gasteiger partial charge in [0, 0.05) is 22.8 Å². The monoisotopic (exact) mass is 277 g/mol. The third-order valence-corrected chi connectivity index (χ3v) is 2.87. The number of aromatic carboxylic acids is 1. The number of aromatic hydroxyl groups is 1. The maximum atomic E-state index is 10.8. The zero-order chi connectivity index (χ0) is 13.8. The summed E-state index contributed by atoms with van der Waals surface area (Å²) < 4.78 is 0. The van der Waals surface area contributed by atoms with E-state index in [1.54, 1.807) is 24.3 Å². The summed E-state index contributed by atoms with van der Waals surface area (Å²) in [6.07, 6.45) is 0. The molecular weight excluding hydrogens is 266 g/mol. The van der Waals surface area contributed by atoms with Gasteiger partial charge in [0.2, 0.25) is 0 Å². The lowest BCUT2D eigenvalue weighted by molar-refractivity contribution is 0.0697. The summed E-state index contributed by atoms with van der Waals surface area (Å²) in [5.74, 6) is -0.833. The molecule has 0 atom stereocenters. The van der Waals surface area contributed by atoms with Crippen molar-refractivity contribution in [3.63, 3.8) is 0 Å². The van der Waals surface area contributed by atoms with Gasteiger partial charge in [-0.1, -0.05) is 17.7 Å². The van der Waals surface area contributed by atoms with Crippen molar-refractivity contribution in [2.45, 2.75) is 6.54 Å². The number of rotatable bonds is 4. The van der Waals surface area contributed by atoms with Gasteiger partial charge in [0.05, 0.1) is 5.56 Å². The minimum Gasteiger partial charge on any atom is -0.508 e. The van der Waals surface area contributed by atoms with E-state index in [2.05, 4.69) is 5.32 Å². The van der Waals surface area contributed by atoms with Gasteiger partial charge in [0.15, 0.2) is 0 Å². The maximum Gasteiger partial charge on any atom is 0.335 e. The van der Waals surface area contributed by atoms with E-state index in [1.165, 1.54) is 18.2 Å². The molecule has 0 radical (unpaired) electrons. The lowest BCUT2D eigenvalue weighted by atomic mass is 10.1. The Morgan fingerprint density at radius 2 is 2.00 bits per heavy atom. The number of carbonyl (C=O) groups is 1. The second-order valence-corrected chi connectivity index (χ2v) is 4.45. The second kappa shape index (κ2) is 5.63. The Morgan fingerprint density at radius 3 is 2.74 bits per heavy atom. The average Bonchev–Trinajstić information content (AvgIpc) is 2.40. The SMILES string of the molecule is O=C(O)c1cccc(NCc2cc(Cl)ccc2O)c1. The predicted octanol–water partition coefficient (Wildman–Crippen LogP) is 3.36. The molecule has 3 N–H and O–H groups in total. The van der Waals surface area contributed by atoms with Crippen LogP contribution in [0.3, 0.4) is 0 Å². The molecule has 2 rings (SSSR count). The van der Waals surface area contributed by atoms with Crippen LogP contribution in [0.15, 0.2) is 42.5 Å². The first-order valence-corrected chi connectivity index (χ1v) is 5.98. The molecule has 2 aromatic carbocycles. The number of halogens is 1. The van der Waals surface area contributed by atoms with Gasteiger partial charge in [-0.2, -0.15) is 0 Å². The highest BCUT2D eigenvalue weighted by Crippen LogP contribution is 2.22. The highest BCUT2D eigenvalue weighted by molar-refractivity contribution is 6.30. The molecule has 2 aromatic rings.